The zero-order valence-electron chi connectivity index (χ0n) is 12.5. The minimum absolute atomic E-state index is 0.157. The van der Waals surface area contributed by atoms with Crippen LogP contribution in [0, 0.1) is 0 Å². The van der Waals surface area contributed by atoms with E-state index in [0.29, 0.717) is 26.1 Å². The van der Waals surface area contributed by atoms with Gasteiger partial charge < -0.3 is 10.6 Å². The summed E-state index contributed by atoms with van der Waals surface area (Å²) in [6.07, 6.45) is 1.77. The second-order valence-corrected chi connectivity index (χ2v) is 7.05. The molecule has 1 amide bonds. The molecule has 0 fully saturated rings. The van der Waals surface area contributed by atoms with Crippen molar-refractivity contribution >= 4 is 15.9 Å². The molecule has 118 valence electrons. The molecular formula is C14H23N3O3S. The largest absolute Gasteiger partial charge is 0.337 e. The number of benzene rings is 1. The Kier molecular flexibility index (Phi) is 6.80. The first-order chi connectivity index (χ1) is 9.84. The number of nitrogens with two attached hydrogens (primary N) is 1. The van der Waals surface area contributed by atoms with Gasteiger partial charge in [-0.05, 0) is 18.5 Å². The predicted octanol–water partition coefficient (Wildman–Crippen LogP) is 0.255. The van der Waals surface area contributed by atoms with E-state index in [1.165, 1.54) is 7.05 Å². The van der Waals surface area contributed by atoms with Crippen LogP contribution in [0.1, 0.15) is 12.0 Å². The highest BCUT2D eigenvalue weighted by atomic mass is 32.2. The number of carbonyl (C=O) groups excluding carboxylic acids is 1. The first-order valence-corrected chi connectivity index (χ1v) is 8.62. The average Bonchev–Trinajstić information content (AvgIpc) is 2.43. The molecule has 0 saturated carbocycles. The summed E-state index contributed by atoms with van der Waals surface area (Å²) in [6, 6.07) is 9.59. The zero-order chi connectivity index (χ0) is 15.9. The number of amides is 1. The molecule has 1 rings (SSSR count). The third-order valence-electron chi connectivity index (χ3n) is 3.13. The van der Waals surface area contributed by atoms with Crippen molar-refractivity contribution in [1.29, 1.82) is 0 Å². The minimum Gasteiger partial charge on any atom is -0.337 e. The van der Waals surface area contributed by atoms with Crippen LogP contribution in [0.2, 0.25) is 0 Å². The van der Waals surface area contributed by atoms with Gasteiger partial charge in [-0.3, -0.25) is 4.79 Å². The van der Waals surface area contributed by atoms with Crippen molar-refractivity contribution in [3.05, 3.63) is 35.9 Å². The van der Waals surface area contributed by atoms with Crippen molar-refractivity contribution in [1.82, 2.24) is 9.21 Å². The van der Waals surface area contributed by atoms with Crippen molar-refractivity contribution in [2.45, 2.75) is 13.0 Å². The van der Waals surface area contributed by atoms with Gasteiger partial charge in [0.15, 0.2) is 0 Å². The van der Waals surface area contributed by atoms with Crippen molar-refractivity contribution in [3.8, 4) is 0 Å². The van der Waals surface area contributed by atoms with E-state index in [9.17, 15) is 13.2 Å². The smallest absolute Gasteiger partial charge is 0.238 e. The molecule has 0 aliphatic rings. The number of nitrogens with zero attached hydrogens (tertiary/aromatic N) is 2. The fourth-order valence-corrected chi connectivity index (χ4v) is 2.13. The fourth-order valence-electron chi connectivity index (χ4n) is 1.79. The Bertz CT molecular complexity index is 546. The van der Waals surface area contributed by atoms with Crippen LogP contribution >= 0.6 is 0 Å². The van der Waals surface area contributed by atoms with Crippen molar-refractivity contribution in [2.75, 3.05) is 32.9 Å². The van der Waals surface area contributed by atoms with E-state index >= 15 is 0 Å². The monoisotopic (exact) mass is 313 g/mol. The maximum absolute atomic E-state index is 12.3. The maximum atomic E-state index is 12.3. The van der Waals surface area contributed by atoms with E-state index in [1.807, 2.05) is 30.3 Å². The summed E-state index contributed by atoms with van der Waals surface area (Å²) in [5.41, 5.74) is 6.50. The third kappa shape index (κ3) is 6.24. The van der Waals surface area contributed by atoms with Crippen molar-refractivity contribution in [3.63, 3.8) is 0 Å². The molecule has 0 radical (unpaired) electrons. The molecule has 0 spiro atoms. The van der Waals surface area contributed by atoms with Crippen LogP contribution in [0.4, 0.5) is 0 Å². The number of carbonyl (C=O) groups is 1. The molecule has 0 aliphatic heterocycles. The van der Waals surface area contributed by atoms with E-state index in [2.05, 4.69) is 0 Å². The summed E-state index contributed by atoms with van der Waals surface area (Å²) in [5.74, 6) is -0.222. The summed E-state index contributed by atoms with van der Waals surface area (Å²) in [7, 11) is -1.96. The van der Waals surface area contributed by atoms with E-state index < -0.39 is 10.0 Å². The first-order valence-electron chi connectivity index (χ1n) is 6.77. The van der Waals surface area contributed by atoms with Gasteiger partial charge in [0.05, 0.1) is 12.8 Å². The zero-order valence-corrected chi connectivity index (χ0v) is 13.3. The summed E-state index contributed by atoms with van der Waals surface area (Å²) in [4.78, 5) is 13.9. The van der Waals surface area contributed by atoms with Crippen molar-refractivity contribution in [2.24, 2.45) is 5.73 Å². The lowest BCUT2D eigenvalue weighted by Crippen LogP contribution is -2.41. The number of hydrogen-bond acceptors (Lipinski definition) is 4. The standard InChI is InChI=1S/C14H23N3O3S/c1-16(21(2,19)20)12-14(18)17(10-6-9-15)11-13-7-4-3-5-8-13/h3-5,7-8H,6,9-12,15H2,1-2H3. The van der Waals surface area contributed by atoms with Crippen LogP contribution in [0.5, 0.6) is 0 Å². The summed E-state index contributed by atoms with van der Waals surface area (Å²) in [5, 5.41) is 0. The Morgan fingerprint density at radius 2 is 1.86 bits per heavy atom. The molecule has 0 aromatic heterocycles. The Hall–Kier alpha value is -1.44. The highest BCUT2D eigenvalue weighted by Crippen LogP contribution is 2.07. The molecule has 0 saturated heterocycles. The lowest BCUT2D eigenvalue weighted by molar-refractivity contribution is -0.131. The number of sulfonamides is 1. The second kappa shape index (κ2) is 8.11. The van der Waals surface area contributed by atoms with Crippen LogP contribution in [-0.2, 0) is 21.4 Å². The molecule has 0 heterocycles. The Balaban J connectivity index is 2.74. The van der Waals surface area contributed by atoms with Gasteiger partial charge in [0.25, 0.3) is 0 Å². The molecule has 0 bridgehead atoms. The van der Waals surface area contributed by atoms with Gasteiger partial charge in [-0.15, -0.1) is 0 Å². The van der Waals surface area contributed by atoms with Crippen LogP contribution < -0.4 is 5.73 Å². The van der Waals surface area contributed by atoms with E-state index in [1.54, 1.807) is 4.90 Å². The average molecular weight is 313 g/mol. The Morgan fingerprint density at radius 1 is 1.24 bits per heavy atom. The lowest BCUT2D eigenvalue weighted by atomic mass is 10.2. The minimum atomic E-state index is -3.36. The molecule has 7 heteroatoms. The van der Waals surface area contributed by atoms with Gasteiger partial charge in [0.2, 0.25) is 15.9 Å². The summed E-state index contributed by atoms with van der Waals surface area (Å²) in [6.45, 7) is 1.30. The molecule has 2 N–H and O–H groups in total. The number of rotatable bonds is 8. The summed E-state index contributed by atoms with van der Waals surface area (Å²) < 4.78 is 23.8. The molecule has 1 aromatic carbocycles. The van der Waals surface area contributed by atoms with Gasteiger partial charge in [-0.1, -0.05) is 30.3 Å². The van der Waals surface area contributed by atoms with Gasteiger partial charge >= 0.3 is 0 Å². The number of hydrogen-bond donors (Lipinski definition) is 1. The number of likely N-dealkylation sites (N-methyl/N-ethyl adjacent to an activating group) is 1. The molecule has 0 atom stereocenters. The van der Waals surface area contributed by atoms with Gasteiger partial charge in [-0.2, -0.15) is 4.31 Å². The quantitative estimate of drug-likeness (QED) is 0.746. The first kappa shape index (κ1) is 17.6. The molecular weight excluding hydrogens is 290 g/mol. The van der Waals surface area contributed by atoms with E-state index in [4.69, 9.17) is 5.73 Å². The molecule has 1 aromatic rings. The van der Waals surface area contributed by atoms with E-state index in [0.717, 1.165) is 16.1 Å². The van der Waals surface area contributed by atoms with Crippen LogP contribution in [0.3, 0.4) is 0 Å². The fraction of sp³-hybridized carbons (Fsp3) is 0.500. The SMILES string of the molecule is CN(CC(=O)N(CCCN)Cc1ccccc1)S(C)(=O)=O. The van der Waals surface area contributed by atoms with Crippen LogP contribution in [0.15, 0.2) is 30.3 Å². The Morgan fingerprint density at radius 3 is 2.38 bits per heavy atom. The van der Waals surface area contributed by atoms with E-state index in [-0.39, 0.29) is 12.5 Å². The topological polar surface area (TPSA) is 83.7 Å². The molecule has 0 aliphatic carbocycles. The van der Waals surface area contributed by atoms with Crippen LogP contribution in [-0.4, -0.2) is 56.5 Å². The van der Waals surface area contributed by atoms with Crippen molar-refractivity contribution < 1.29 is 13.2 Å². The van der Waals surface area contributed by atoms with Gasteiger partial charge in [0.1, 0.15) is 0 Å². The van der Waals surface area contributed by atoms with Gasteiger partial charge in [-0.25, -0.2) is 8.42 Å². The summed E-state index contributed by atoms with van der Waals surface area (Å²) >= 11 is 0. The van der Waals surface area contributed by atoms with Gasteiger partial charge in [0, 0.05) is 20.1 Å². The maximum Gasteiger partial charge on any atom is 0.238 e. The highest BCUT2D eigenvalue weighted by molar-refractivity contribution is 7.88. The highest BCUT2D eigenvalue weighted by Gasteiger charge is 2.20. The van der Waals surface area contributed by atoms with Crippen LogP contribution in [0.25, 0.3) is 0 Å². The molecule has 6 nitrogen and oxygen atoms in total. The molecule has 0 unspecified atom stereocenters. The Labute approximate surface area is 126 Å². The second-order valence-electron chi connectivity index (χ2n) is 4.96. The third-order valence-corrected chi connectivity index (χ3v) is 4.39. The normalized spacial score (nSPS) is 11.6. The lowest BCUT2D eigenvalue weighted by Gasteiger charge is -2.25. The predicted molar refractivity (Wildman–Crippen MR) is 83.0 cm³/mol. The molecule has 21 heavy (non-hydrogen) atoms.